The maximum absolute atomic E-state index is 13.6. The zero-order valence-electron chi connectivity index (χ0n) is 23.2. The van der Waals surface area contributed by atoms with E-state index in [1.807, 2.05) is 48.5 Å². The molecule has 1 aliphatic heterocycles. The number of hydrogen-bond acceptors (Lipinski definition) is 6. The number of amides is 1. The van der Waals surface area contributed by atoms with Crippen LogP contribution in [-0.2, 0) is 22.9 Å². The number of nitrogens with one attached hydrogen (secondary N) is 4. The van der Waals surface area contributed by atoms with Crippen LogP contribution in [0, 0.1) is 12.0 Å². The van der Waals surface area contributed by atoms with Crippen LogP contribution in [0.5, 0.6) is 0 Å². The van der Waals surface area contributed by atoms with Crippen molar-refractivity contribution in [2.75, 3.05) is 23.7 Å². The van der Waals surface area contributed by atoms with Gasteiger partial charge in [-0.3, -0.25) is 4.79 Å². The summed E-state index contributed by atoms with van der Waals surface area (Å²) in [5.74, 6) is 3.84. The summed E-state index contributed by atoms with van der Waals surface area (Å²) in [6.07, 6.45) is -1.15. The summed E-state index contributed by atoms with van der Waals surface area (Å²) < 4.78 is 40.8. The molecule has 7 nitrogen and oxygen atoms in total. The van der Waals surface area contributed by atoms with Gasteiger partial charge in [0.25, 0.3) is 0 Å². The zero-order valence-corrected chi connectivity index (χ0v) is 23.2. The fraction of sp³-hybridized carbons (Fsp3) is 0.242. The van der Waals surface area contributed by atoms with Crippen LogP contribution in [0.3, 0.4) is 0 Å². The van der Waals surface area contributed by atoms with Crippen molar-refractivity contribution in [2.24, 2.45) is 0 Å². The molecule has 4 N–H and O–H groups in total. The van der Waals surface area contributed by atoms with Crippen molar-refractivity contribution in [3.05, 3.63) is 101 Å². The molecule has 0 saturated heterocycles. The van der Waals surface area contributed by atoms with E-state index < -0.39 is 17.2 Å². The number of rotatable bonds is 5. The first-order chi connectivity index (χ1) is 20.8. The Morgan fingerprint density at radius 2 is 1.81 bits per heavy atom. The molecule has 2 heterocycles. The number of anilines is 3. The highest BCUT2D eigenvalue weighted by molar-refractivity contribution is 5.91. The molecule has 3 aromatic carbocycles. The normalized spacial score (nSPS) is 15.3. The first-order valence-electron chi connectivity index (χ1n) is 14.1. The van der Waals surface area contributed by atoms with Crippen molar-refractivity contribution < 1.29 is 18.0 Å². The van der Waals surface area contributed by atoms with Crippen molar-refractivity contribution in [1.29, 1.82) is 0 Å². The molecule has 1 saturated carbocycles. The lowest BCUT2D eigenvalue weighted by atomic mass is 9.90. The molecule has 0 atom stereocenters. The zero-order chi connectivity index (χ0) is 29.9. The Morgan fingerprint density at radius 3 is 2.60 bits per heavy atom. The predicted octanol–water partition coefficient (Wildman–Crippen LogP) is 5.97. The van der Waals surface area contributed by atoms with Gasteiger partial charge in [-0.25, -0.2) is 4.98 Å². The summed E-state index contributed by atoms with van der Waals surface area (Å²) in [4.78, 5) is 22.4. The van der Waals surface area contributed by atoms with Crippen LogP contribution in [0.25, 0.3) is 11.1 Å². The van der Waals surface area contributed by atoms with Gasteiger partial charge in [0.15, 0.2) is 0 Å². The highest BCUT2D eigenvalue weighted by atomic mass is 19.4. The van der Waals surface area contributed by atoms with Crippen LogP contribution >= 0.6 is 0 Å². The first kappa shape index (κ1) is 28.1. The van der Waals surface area contributed by atoms with Gasteiger partial charge in [-0.1, -0.05) is 48.5 Å². The van der Waals surface area contributed by atoms with Gasteiger partial charge in [0.05, 0.1) is 11.0 Å². The number of benzene rings is 3. The molecule has 4 aromatic rings. The van der Waals surface area contributed by atoms with Crippen molar-refractivity contribution in [3.63, 3.8) is 0 Å². The van der Waals surface area contributed by atoms with E-state index in [2.05, 4.69) is 38.2 Å². The Labute approximate surface area is 247 Å². The van der Waals surface area contributed by atoms with Crippen molar-refractivity contribution in [2.45, 2.75) is 37.4 Å². The fourth-order valence-corrected chi connectivity index (χ4v) is 5.20. The second-order valence-corrected chi connectivity index (χ2v) is 10.6. The quantitative estimate of drug-likeness (QED) is 0.217. The molecule has 1 amide bonds. The average Bonchev–Trinajstić information content (AvgIpc) is 3.82. The maximum Gasteiger partial charge on any atom is 0.416 e. The lowest BCUT2D eigenvalue weighted by Gasteiger charge is -2.20. The fourth-order valence-electron chi connectivity index (χ4n) is 5.20. The van der Waals surface area contributed by atoms with Crippen molar-refractivity contribution in [1.82, 2.24) is 20.6 Å². The van der Waals surface area contributed by atoms with Crippen LogP contribution < -0.4 is 21.3 Å². The van der Waals surface area contributed by atoms with Gasteiger partial charge in [-0.15, -0.1) is 0 Å². The smallest absolute Gasteiger partial charge is 0.369 e. The minimum Gasteiger partial charge on any atom is -0.369 e. The molecule has 1 aliphatic carbocycles. The van der Waals surface area contributed by atoms with Crippen LogP contribution in [0.4, 0.5) is 30.6 Å². The molecule has 4 bridgehead atoms. The molecule has 0 radical (unpaired) electrons. The van der Waals surface area contributed by atoms with Crippen LogP contribution in [-0.4, -0.2) is 29.0 Å². The SMILES string of the molecule is O=C(NCc1ccc(-c2cnc3nc2NCCCNC#Cc2cccc(c2)N3)cc1)C1(c2ccccc2C(F)(F)F)CC1. The van der Waals surface area contributed by atoms with Crippen LogP contribution in [0.15, 0.2) is 79.0 Å². The van der Waals surface area contributed by atoms with Gasteiger partial charge in [0.1, 0.15) is 5.82 Å². The van der Waals surface area contributed by atoms with Gasteiger partial charge in [-0.05, 0) is 66.1 Å². The van der Waals surface area contributed by atoms with Gasteiger partial charge in [0, 0.05) is 48.7 Å². The molecular formula is C33H29F3N6O. The third-order valence-corrected chi connectivity index (χ3v) is 7.62. The minimum atomic E-state index is -4.52. The highest BCUT2D eigenvalue weighted by Gasteiger charge is 2.54. The Kier molecular flexibility index (Phi) is 7.63. The summed E-state index contributed by atoms with van der Waals surface area (Å²) in [6, 6.07) is 23.7. The Balaban J connectivity index is 1.17. The largest absolute Gasteiger partial charge is 0.416 e. The molecule has 0 spiro atoms. The van der Waals surface area contributed by atoms with Crippen molar-refractivity contribution in [3.8, 4) is 23.1 Å². The summed E-state index contributed by atoms with van der Waals surface area (Å²) in [5.41, 5.74) is 2.38. The van der Waals surface area contributed by atoms with Crippen LogP contribution in [0.2, 0.25) is 0 Å². The topological polar surface area (TPSA) is 91.0 Å². The Bertz CT molecular complexity index is 1700. The molecule has 1 fully saturated rings. The third-order valence-electron chi connectivity index (χ3n) is 7.62. The molecule has 6 rings (SSSR count). The maximum atomic E-state index is 13.6. The average molecular weight is 583 g/mol. The third kappa shape index (κ3) is 6.26. The van der Waals surface area contributed by atoms with E-state index in [1.165, 1.54) is 12.1 Å². The van der Waals surface area contributed by atoms with E-state index in [0.717, 1.165) is 40.4 Å². The van der Waals surface area contributed by atoms with Gasteiger partial charge in [0.2, 0.25) is 11.9 Å². The van der Waals surface area contributed by atoms with E-state index in [-0.39, 0.29) is 18.0 Å². The number of halogens is 3. The number of hydrogen-bond donors (Lipinski definition) is 4. The minimum absolute atomic E-state index is 0.0434. The molecule has 218 valence electrons. The second kappa shape index (κ2) is 11.7. The monoisotopic (exact) mass is 582 g/mol. The number of fused-ring (bicyclic) bond motifs is 4. The highest BCUT2D eigenvalue weighted by Crippen LogP contribution is 2.52. The molecule has 2 aliphatic rings. The molecule has 0 unspecified atom stereocenters. The van der Waals surface area contributed by atoms with Gasteiger partial charge >= 0.3 is 6.18 Å². The predicted molar refractivity (Wildman–Crippen MR) is 159 cm³/mol. The standard InChI is InChI=1S/C33H29F3N6O/c34-33(35,36)28-8-2-1-7-27(28)32(14-15-32)30(43)39-20-23-9-11-24(12-10-23)26-21-40-31-41-25-6-3-5-22(19-25)13-18-37-16-4-17-38-29(26)42-31/h1-3,5-12,19,21,37H,4,14-17,20H2,(H,39,43)(H2,38,40,41,42). The number of nitrogens with zero attached hydrogens (tertiary/aromatic N) is 2. The lowest BCUT2D eigenvalue weighted by molar-refractivity contribution is -0.138. The summed E-state index contributed by atoms with van der Waals surface area (Å²) in [6.45, 7) is 1.59. The first-order valence-corrected chi connectivity index (χ1v) is 14.1. The summed E-state index contributed by atoms with van der Waals surface area (Å²) in [5, 5.41) is 12.6. The number of carbonyl (C=O) groups is 1. The molecule has 1 aromatic heterocycles. The van der Waals surface area contributed by atoms with E-state index in [9.17, 15) is 18.0 Å². The van der Waals surface area contributed by atoms with E-state index in [0.29, 0.717) is 37.7 Å². The molecular weight excluding hydrogens is 553 g/mol. The number of alkyl halides is 3. The molecule has 43 heavy (non-hydrogen) atoms. The van der Waals surface area contributed by atoms with Gasteiger partial charge in [-0.2, -0.15) is 18.2 Å². The summed E-state index contributed by atoms with van der Waals surface area (Å²) in [7, 11) is 0. The second-order valence-electron chi connectivity index (χ2n) is 10.6. The Morgan fingerprint density at radius 1 is 1.00 bits per heavy atom. The lowest BCUT2D eigenvalue weighted by Crippen LogP contribution is -2.35. The Hall–Kier alpha value is -5.04. The molecule has 10 heteroatoms. The van der Waals surface area contributed by atoms with E-state index in [1.54, 1.807) is 12.3 Å². The van der Waals surface area contributed by atoms with E-state index in [4.69, 9.17) is 4.98 Å². The summed E-state index contributed by atoms with van der Waals surface area (Å²) >= 11 is 0. The number of aromatic nitrogens is 2. The van der Waals surface area contributed by atoms with Crippen molar-refractivity contribution >= 4 is 23.4 Å². The van der Waals surface area contributed by atoms with Gasteiger partial charge < -0.3 is 21.3 Å². The van der Waals surface area contributed by atoms with Crippen LogP contribution in [0.1, 0.15) is 41.5 Å². The van der Waals surface area contributed by atoms with E-state index >= 15 is 0 Å². The number of carbonyl (C=O) groups excluding carboxylic acids is 1.